The van der Waals surface area contributed by atoms with Crippen molar-refractivity contribution >= 4 is 23.1 Å². The normalized spacial score (nSPS) is 10.8. The molecule has 2 aromatic rings. The van der Waals surface area contributed by atoms with Gasteiger partial charge in [0.05, 0.1) is 23.6 Å². The highest BCUT2D eigenvalue weighted by Crippen LogP contribution is 2.19. The van der Waals surface area contributed by atoms with Crippen molar-refractivity contribution in [3.8, 4) is 0 Å². The second-order valence-corrected chi connectivity index (χ2v) is 6.61. The molecule has 6 heteroatoms. The summed E-state index contributed by atoms with van der Waals surface area (Å²) in [5.74, 6) is 0.405. The number of amides is 2. The third-order valence-electron chi connectivity index (χ3n) is 3.33. The molecule has 0 unspecified atom stereocenters. The molecule has 0 atom stereocenters. The maximum Gasteiger partial charge on any atom is 0.319 e. The predicted octanol–water partition coefficient (Wildman–Crippen LogP) is 3.91. The van der Waals surface area contributed by atoms with Crippen LogP contribution in [0.2, 0.25) is 0 Å². The lowest BCUT2D eigenvalue weighted by atomic mass is 10.1. The van der Waals surface area contributed by atoms with Crippen LogP contribution < -0.4 is 10.6 Å². The highest BCUT2D eigenvalue weighted by molar-refractivity contribution is 7.09. The molecule has 0 aliphatic rings. The Morgan fingerprint density at radius 1 is 1.27 bits per heavy atom. The van der Waals surface area contributed by atoms with E-state index in [2.05, 4.69) is 34.4 Å². The summed E-state index contributed by atoms with van der Waals surface area (Å²) in [4.78, 5) is 20.9. The quantitative estimate of drug-likeness (QED) is 0.898. The molecule has 2 heterocycles. The molecule has 22 heavy (non-hydrogen) atoms. The lowest BCUT2D eigenvalue weighted by Gasteiger charge is -2.12. The van der Waals surface area contributed by atoms with E-state index < -0.39 is 0 Å². The average Bonchev–Trinajstić information content (AvgIpc) is 2.89. The second-order valence-electron chi connectivity index (χ2n) is 5.67. The molecule has 0 saturated heterocycles. The summed E-state index contributed by atoms with van der Waals surface area (Å²) in [6, 6.07) is 1.72. The number of nitrogens with one attached hydrogen (secondary N) is 2. The van der Waals surface area contributed by atoms with Gasteiger partial charge in [-0.15, -0.1) is 11.3 Å². The van der Waals surface area contributed by atoms with E-state index in [1.54, 1.807) is 11.3 Å². The lowest BCUT2D eigenvalue weighted by molar-refractivity contribution is 0.251. The molecule has 0 saturated carbocycles. The van der Waals surface area contributed by atoms with E-state index in [-0.39, 0.29) is 6.03 Å². The molecule has 0 bridgehead atoms. The Morgan fingerprint density at radius 3 is 2.59 bits per heavy atom. The first kappa shape index (κ1) is 16.4. The van der Waals surface area contributed by atoms with Crippen molar-refractivity contribution < 1.29 is 4.79 Å². The minimum Gasteiger partial charge on any atom is -0.331 e. The minimum absolute atomic E-state index is 0.238. The van der Waals surface area contributed by atoms with Gasteiger partial charge < -0.3 is 10.6 Å². The van der Waals surface area contributed by atoms with Gasteiger partial charge in [-0.05, 0) is 38.3 Å². The molecule has 0 aliphatic heterocycles. The highest BCUT2D eigenvalue weighted by atomic mass is 32.1. The summed E-state index contributed by atoms with van der Waals surface area (Å²) >= 11 is 1.57. The van der Waals surface area contributed by atoms with Crippen molar-refractivity contribution in [1.82, 2.24) is 15.3 Å². The third-order valence-corrected chi connectivity index (χ3v) is 4.19. The summed E-state index contributed by atoms with van der Waals surface area (Å²) < 4.78 is 0. The van der Waals surface area contributed by atoms with Gasteiger partial charge in [0.25, 0.3) is 0 Å². The summed E-state index contributed by atoms with van der Waals surface area (Å²) in [6.07, 6.45) is 0. The van der Waals surface area contributed by atoms with Gasteiger partial charge in [0.15, 0.2) is 0 Å². The van der Waals surface area contributed by atoms with Crippen LogP contribution in [-0.2, 0) is 6.54 Å². The van der Waals surface area contributed by atoms with E-state index in [0.717, 1.165) is 33.3 Å². The Morgan fingerprint density at radius 2 is 2.00 bits per heavy atom. The molecule has 0 aliphatic carbocycles. The van der Waals surface area contributed by atoms with Crippen molar-refractivity contribution in [3.63, 3.8) is 0 Å². The maximum atomic E-state index is 12.0. The standard InChI is InChI=1S/C16H22N4OS/c1-9(2)13-8-22-14(19-13)7-17-16(21)20-15-10(3)6-11(4)18-12(15)5/h6,8-9H,7H2,1-5H3,(H2,17,20,21). The van der Waals surface area contributed by atoms with E-state index in [0.29, 0.717) is 12.5 Å². The molecule has 2 amide bonds. The van der Waals surface area contributed by atoms with Crippen molar-refractivity contribution in [3.05, 3.63) is 39.1 Å². The van der Waals surface area contributed by atoms with Crippen LogP contribution in [0, 0.1) is 20.8 Å². The summed E-state index contributed by atoms with van der Waals surface area (Å²) in [6.45, 7) is 10.4. The van der Waals surface area contributed by atoms with Crippen LogP contribution in [0.25, 0.3) is 0 Å². The topological polar surface area (TPSA) is 66.9 Å². The Hall–Kier alpha value is -1.95. The first-order chi connectivity index (χ1) is 10.4. The van der Waals surface area contributed by atoms with E-state index in [4.69, 9.17) is 0 Å². The lowest BCUT2D eigenvalue weighted by Crippen LogP contribution is -2.29. The SMILES string of the molecule is Cc1cc(C)c(NC(=O)NCc2nc(C(C)C)cs2)c(C)n1. The fraction of sp³-hybridized carbons (Fsp3) is 0.438. The summed E-state index contributed by atoms with van der Waals surface area (Å²) in [5.41, 5.74) is 4.62. The van der Waals surface area contributed by atoms with Crippen molar-refractivity contribution in [2.75, 3.05) is 5.32 Å². The number of aromatic nitrogens is 2. The van der Waals surface area contributed by atoms with Gasteiger partial charge in [-0.25, -0.2) is 9.78 Å². The van der Waals surface area contributed by atoms with E-state index >= 15 is 0 Å². The number of carbonyl (C=O) groups is 1. The first-order valence-electron chi connectivity index (χ1n) is 7.30. The third kappa shape index (κ3) is 4.04. The molecule has 0 spiro atoms. The van der Waals surface area contributed by atoms with Gasteiger partial charge >= 0.3 is 6.03 Å². The maximum absolute atomic E-state index is 12.0. The fourth-order valence-corrected chi connectivity index (χ4v) is 3.09. The van der Waals surface area contributed by atoms with Crippen molar-refractivity contribution in [2.24, 2.45) is 0 Å². The monoisotopic (exact) mass is 318 g/mol. The summed E-state index contributed by atoms with van der Waals surface area (Å²) in [5, 5.41) is 8.66. The number of thiazole rings is 1. The predicted molar refractivity (Wildman–Crippen MR) is 90.5 cm³/mol. The van der Waals surface area contributed by atoms with E-state index in [1.807, 2.05) is 32.2 Å². The second kappa shape index (κ2) is 6.87. The van der Waals surface area contributed by atoms with Crippen LogP contribution in [0.4, 0.5) is 10.5 Å². The molecule has 0 radical (unpaired) electrons. The fourth-order valence-electron chi connectivity index (χ4n) is 2.20. The molecule has 0 aromatic carbocycles. The zero-order chi connectivity index (χ0) is 16.3. The molecular weight excluding hydrogens is 296 g/mol. The number of urea groups is 1. The van der Waals surface area contributed by atoms with E-state index in [1.165, 1.54) is 0 Å². The number of anilines is 1. The van der Waals surface area contributed by atoms with Crippen LogP contribution in [0.5, 0.6) is 0 Å². The molecular formula is C16H22N4OS. The number of nitrogens with zero attached hydrogens (tertiary/aromatic N) is 2. The largest absolute Gasteiger partial charge is 0.331 e. The number of aryl methyl sites for hydroxylation is 3. The van der Waals surface area contributed by atoms with Gasteiger partial charge in [0, 0.05) is 11.1 Å². The number of hydrogen-bond donors (Lipinski definition) is 2. The molecule has 2 rings (SSSR count). The number of carbonyl (C=O) groups excluding carboxylic acids is 1. The van der Waals surface area contributed by atoms with Crippen molar-refractivity contribution in [1.29, 1.82) is 0 Å². The Bertz CT molecular complexity index is 656. The smallest absolute Gasteiger partial charge is 0.319 e. The zero-order valence-corrected chi connectivity index (χ0v) is 14.5. The van der Waals surface area contributed by atoms with Gasteiger partial charge in [0.1, 0.15) is 5.01 Å². The van der Waals surface area contributed by atoms with Crippen LogP contribution in [0.1, 0.15) is 47.4 Å². The summed E-state index contributed by atoms with van der Waals surface area (Å²) in [7, 11) is 0. The van der Waals surface area contributed by atoms with Gasteiger partial charge in [-0.2, -0.15) is 0 Å². The van der Waals surface area contributed by atoms with Crippen molar-refractivity contribution in [2.45, 2.75) is 47.1 Å². The van der Waals surface area contributed by atoms with Gasteiger partial charge in [-0.1, -0.05) is 13.8 Å². The van der Waals surface area contributed by atoms with Crippen LogP contribution in [-0.4, -0.2) is 16.0 Å². The van der Waals surface area contributed by atoms with Gasteiger partial charge in [0.2, 0.25) is 0 Å². The Balaban J connectivity index is 1.96. The molecule has 5 nitrogen and oxygen atoms in total. The number of hydrogen-bond acceptors (Lipinski definition) is 4. The van der Waals surface area contributed by atoms with Crippen LogP contribution in [0.15, 0.2) is 11.4 Å². The molecule has 2 N–H and O–H groups in total. The van der Waals surface area contributed by atoms with E-state index in [9.17, 15) is 4.79 Å². The first-order valence-corrected chi connectivity index (χ1v) is 8.18. The highest BCUT2D eigenvalue weighted by Gasteiger charge is 2.10. The van der Waals surface area contributed by atoms with Crippen LogP contribution >= 0.6 is 11.3 Å². The molecule has 118 valence electrons. The average molecular weight is 318 g/mol. The Labute approximate surface area is 135 Å². The van der Waals surface area contributed by atoms with Crippen LogP contribution in [0.3, 0.4) is 0 Å². The molecule has 0 fully saturated rings. The Kier molecular flexibility index (Phi) is 5.13. The molecule has 2 aromatic heterocycles. The zero-order valence-electron chi connectivity index (χ0n) is 13.7. The van der Waals surface area contributed by atoms with Gasteiger partial charge in [-0.3, -0.25) is 4.98 Å². The number of rotatable bonds is 4. The minimum atomic E-state index is -0.238. The number of pyridine rings is 1.